The van der Waals surface area contributed by atoms with Gasteiger partial charge in [-0.25, -0.2) is 4.98 Å². The van der Waals surface area contributed by atoms with E-state index in [2.05, 4.69) is 9.72 Å². The van der Waals surface area contributed by atoms with Crippen molar-refractivity contribution >= 4 is 16.5 Å². The van der Waals surface area contributed by atoms with Crippen molar-refractivity contribution in [2.45, 2.75) is 25.1 Å². The number of ether oxygens (including phenoxy) is 1. The number of thiazole rings is 1. The van der Waals surface area contributed by atoms with E-state index in [9.17, 15) is 13.2 Å². The van der Waals surface area contributed by atoms with Crippen LogP contribution in [0.25, 0.3) is 0 Å². The Balaban J connectivity index is 1.82. The minimum absolute atomic E-state index is 0.166. The van der Waals surface area contributed by atoms with Gasteiger partial charge in [0.05, 0.1) is 5.69 Å². The molecule has 0 bridgehead atoms. The molecule has 0 fully saturated rings. The fourth-order valence-electron chi connectivity index (χ4n) is 2.47. The van der Waals surface area contributed by atoms with E-state index in [0.717, 1.165) is 29.0 Å². The van der Waals surface area contributed by atoms with Crippen LogP contribution in [0.3, 0.4) is 0 Å². The first-order valence-corrected chi connectivity index (χ1v) is 6.85. The molecular formula is C13H11F3N2OS. The summed E-state index contributed by atoms with van der Waals surface area (Å²) in [5.74, 6) is -0.0389. The molecule has 2 aromatic rings. The Labute approximate surface area is 117 Å². The number of nitrogen functional groups attached to an aromatic ring is 1. The van der Waals surface area contributed by atoms with E-state index < -0.39 is 6.36 Å². The molecule has 1 heterocycles. The molecular weight excluding hydrogens is 289 g/mol. The second-order valence-electron chi connectivity index (χ2n) is 4.57. The van der Waals surface area contributed by atoms with Crippen LogP contribution >= 0.6 is 11.3 Å². The molecule has 0 amide bonds. The molecule has 1 atom stereocenters. The van der Waals surface area contributed by atoms with E-state index in [4.69, 9.17) is 5.73 Å². The topological polar surface area (TPSA) is 48.1 Å². The summed E-state index contributed by atoms with van der Waals surface area (Å²) in [6, 6.07) is 6.00. The number of benzene rings is 1. The van der Waals surface area contributed by atoms with Gasteiger partial charge in [-0.05, 0) is 30.5 Å². The Morgan fingerprint density at radius 1 is 1.25 bits per heavy atom. The van der Waals surface area contributed by atoms with Crippen LogP contribution in [0.2, 0.25) is 0 Å². The van der Waals surface area contributed by atoms with Gasteiger partial charge in [-0.15, -0.1) is 24.5 Å². The summed E-state index contributed by atoms with van der Waals surface area (Å²) in [5, 5.41) is 0.539. The molecule has 20 heavy (non-hydrogen) atoms. The maximum Gasteiger partial charge on any atom is 0.573 e. The third kappa shape index (κ3) is 2.58. The number of fused-ring (bicyclic) bond motifs is 1. The smallest absolute Gasteiger partial charge is 0.406 e. The van der Waals surface area contributed by atoms with Crippen LogP contribution in [0.15, 0.2) is 24.3 Å². The first-order chi connectivity index (χ1) is 9.42. The van der Waals surface area contributed by atoms with Gasteiger partial charge in [0.2, 0.25) is 0 Å². The third-order valence-electron chi connectivity index (χ3n) is 3.25. The molecule has 1 aliphatic rings. The summed E-state index contributed by atoms with van der Waals surface area (Å²) in [5.41, 5.74) is 7.65. The zero-order valence-electron chi connectivity index (χ0n) is 10.3. The average Bonchev–Trinajstić information content (AvgIpc) is 2.87. The van der Waals surface area contributed by atoms with E-state index in [1.54, 1.807) is 12.1 Å². The van der Waals surface area contributed by atoms with Crippen molar-refractivity contribution in [2.24, 2.45) is 0 Å². The lowest BCUT2D eigenvalue weighted by Gasteiger charge is -2.12. The lowest BCUT2D eigenvalue weighted by Crippen LogP contribution is -2.17. The maximum absolute atomic E-state index is 12.1. The number of alkyl halides is 3. The van der Waals surface area contributed by atoms with Crippen LogP contribution in [0.1, 0.15) is 28.5 Å². The second kappa shape index (κ2) is 4.66. The van der Waals surface area contributed by atoms with Gasteiger partial charge in [0, 0.05) is 10.8 Å². The number of hydrogen-bond donors (Lipinski definition) is 1. The highest BCUT2D eigenvalue weighted by molar-refractivity contribution is 7.15. The molecule has 3 rings (SSSR count). The molecule has 1 aliphatic carbocycles. The fraction of sp³-hybridized carbons (Fsp3) is 0.308. The Morgan fingerprint density at radius 3 is 2.60 bits per heavy atom. The molecule has 1 aromatic heterocycles. The molecule has 1 unspecified atom stereocenters. The first-order valence-electron chi connectivity index (χ1n) is 6.03. The number of nitrogens with two attached hydrogens (primary N) is 1. The highest BCUT2D eigenvalue weighted by Crippen LogP contribution is 2.42. The summed E-state index contributed by atoms with van der Waals surface area (Å²) in [6.45, 7) is 0. The Morgan fingerprint density at radius 2 is 1.95 bits per heavy atom. The molecule has 0 saturated carbocycles. The number of rotatable bonds is 2. The summed E-state index contributed by atoms with van der Waals surface area (Å²) in [4.78, 5) is 5.37. The van der Waals surface area contributed by atoms with Gasteiger partial charge >= 0.3 is 6.36 Å². The largest absolute Gasteiger partial charge is 0.573 e. The van der Waals surface area contributed by atoms with Crippen LogP contribution in [0.4, 0.5) is 18.3 Å². The monoisotopic (exact) mass is 300 g/mol. The molecule has 7 heteroatoms. The SMILES string of the molecule is Nc1nc2c(s1)C(c1ccc(OC(F)(F)F)cc1)CC2. The van der Waals surface area contributed by atoms with Crippen molar-refractivity contribution in [1.29, 1.82) is 0 Å². The van der Waals surface area contributed by atoms with Crippen LogP contribution in [0.5, 0.6) is 5.75 Å². The number of halogens is 3. The fourth-order valence-corrected chi connectivity index (χ4v) is 3.51. The second-order valence-corrected chi connectivity index (χ2v) is 5.63. The summed E-state index contributed by atoms with van der Waals surface area (Å²) < 4.78 is 40.2. The molecule has 0 aliphatic heterocycles. The highest BCUT2D eigenvalue weighted by Gasteiger charge is 2.31. The van der Waals surface area contributed by atoms with Crippen molar-refractivity contribution in [3.63, 3.8) is 0 Å². The number of nitrogens with zero attached hydrogens (tertiary/aromatic N) is 1. The van der Waals surface area contributed by atoms with Gasteiger partial charge in [-0.1, -0.05) is 12.1 Å². The first kappa shape index (κ1) is 13.2. The summed E-state index contributed by atoms with van der Waals surface area (Å²) in [7, 11) is 0. The van der Waals surface area contributed by atoms with Crippen molar-refractivity contribution < 1.29 is 17.9 Å². The van der Waals surface area contributed by atoms with E-state index in [1.807, 2.05) is 0 Å². The zero-order chi connectivity index (χ0) is 14.3. The molecule has 0 radical (unpaired) electrons. The highest BCUT2D eigenvalue weighted by atomic mass is 32.1. The normalized spacial score (nSPS) is 18.1. The Kier molecular flexibility index (Phi) is 3.08. The van der Waals surface area contributed by atoms with Crippen molar-refractivity contribution in [3.8, 4) is 5.75 Å². The Hall–Kier alpha value is -1.76. The predicted molar refractivity (Wildman–Crippen MR) is 69.8 cm³/mol. The van der Waals surface area contributed by atoms with Gasteiger partial charge < -0.3 is 10.5 Å². The standard InChI is InChI=1S/C13H11F3N2OS/c14-13(15,16)19-8-3-1-7(2-4-8)9-5-6-10-11(9)20-12(17)18-10/h1-4,9H,5-6H2,(H2,17,18). The molecule has 0 spiro atoms. The molecule has 106 valence electrons. The minimum atomic E-state index is -4.66. The number of hydrogen-bond acceptors (Lipinski definition) is 4. The van der Waals surface area contributed by atoms with Crippen LogP contribution < -0.4 is 10.5 Å². The van der Waals surface area contributed by atoms with Crippen molar-refractivity contribution in [3.05, 3.63) is 40.4 Å². The Bertz CT molecular complexity index is 622. The van der Waals surface area contributed by atoms with Crippen molar-refractivity contribution in [2.75, 3.05) is 5.73 Å². The molecule has 3 nitrogen and oxygen atoms in total. The number of anilines is 1. The molecule has 0 saturated heterocycles. The van der Waals surface area contributed by atoms with E-state index >= 15 is 0 Å². The maximum atomic E-state index is 12.1. The lowest BCUT2D eigenvalue weighted by molar-refractivity contribution is -0.274. The van der Waals surface area contributed by atoms with E-state index in [1.165, 1.54) is 23.5 Å². The van der Waals surface area contributed by atoms with Gasteiger partial charge in [-0.2, -0.15) is 0 Å². The third-order valence-corrected chi connectivity index (χ3v) is 4.29. The van der Waals surface area contributed by atoms with E-state index in [0.29, 0.717) is 5.13 Å². The summed E-state index contributed by atoms with van der Waals surface area (Å²) >= 11 is 1.45. The average molecular weight is 300 g/mol. The number of aryl methyl sites for hydroxylation is 1. The lowest BCUT2D eigenvalue weighted by atomic mass is 9.98. The van der Waals surface area contributed by atoms with Gasteiger partial charge in [0.1, 0.15) is 5.75 Å². The molecule has 2 N–H and O–H groups in total. The minimum Gasteiger partial charge on any atom is -0.406 e. The quantitative estimate of drug-likeness (QED) is 0.920. The van der Waals surface area contributed by atoms with Gasteiger partial charge in [0.15, 0.2) is 5.13 Å². The van der Waals surface area contributed by atoms with Crippen LogP contribution in [-0.2, 0) is 6.42 Å². The van der Waals surface area contributed by atoms with E-state index in [-0.39, 0.29) is 11.7 Å². The van der Waals surface area contributed by atoms with Gasteiger partial charge in [-0.3, -0.25) is 0 Å². The van der Waals surface area contributed by atoms with Gasteiger partial charge in [0.25, 0.3) is 0 Å². The number of aromatic nitrogens is 1. The molecule has 1 aromatic carbocycles. The van der Waals surface area contributed by atoms with Crippen LogP contribution in [-0.4, -0.2) is 11.3 Å². The van der Waals surface area contributed by atoms with Crippen molar-refractivity contribution in [1.82, 2.24) is 4.98 Å². The van der Waals surface area contributed by atoms with Crippen LogP contribution in [0, 0.1) is 0 Å². The zero-order valence-corrected chi connectivity index (χ0v) is 11.1. The predicted octanol–water partition coefficient (Wildman–Crippen LogP) is 3.70. The summed E-state index contributed by atoms with van der Waals surface area (Å²) in [6.07, 6.45) is -2.89.